The van der Waals surface area contributed by atoms with Crippen molar-refractivity contribution in [2.75, 3.05) is 0 Å². The monoisotopic (exact) mass is 272 g/mol. The highest BCUT2D eigenvalue weighted by Crippen LogP contribution is 2.19. The van der Waals surface area contributed by atoms with Crippen LogP contribution in [0.2, 0.25) is 39.3 Å². The van der Waals surface area contributed by atoms with Crippen LogP contribution >= 0.6 is 0 Å². The molecule has 17 heavy (non-hydrogen) atoms. The van der Waals surface area contributed by atoms with Gasteiger partial charge in [-0.15, -0.1) is 0 Å². The van der Waals surface area contributed by atoms with Crippen LogP contribution in [0.25, 0.3) is 0 Å². The van der Waals surface area contributed by atoms with Gasteiger partial charge in [-0.1, -0.05) is 39.3 Å². The fourth-order valence-electron chi connectivity index (χ4n) is 1.96. The van der Waals surface area contributed by atoms with Gasteiger partial charge in [0.2, 0.25) is 0 Å². The Morgan fingerprint density at radius 1 is 0.941 bits per heavy atom. The summed E-state index contributed by atoms with van der Waals surface area (Å²) in [5.74, 6) is 0. The molecule has 0 aliphatic carbocycles. The van der Waals surface area contributed by atoms with Crippen LogP contribution in [-0.2, 0) is 4.79 Å². The summed E-state index contributed by atoms with van der Waals surface area (Å²) in [6.07, 6.45) is 6.75. The van der Waals surface area contributed by atoms with Gasteiger partial charge < -0.3 is 9.13 Å². The van der Waals surface area contributed by atoms with E-state index in [-0.39, 0.29) is 0 Å². The minimum atomic E-state index is -1.36. The van der Waals surface area contributed by atoms with Crippen LogP contribution in [-0.4, -0.2) is 33.3 Å². The Kier molecular flexibility index (Phi) is 6.93. The Balaban J connectivity index is 4.27. The average Bonchev–Trinajstić information content (AvgIpc) is 2.12. The lowest BCUT2D eigenvalue weighted by Crippen LogP contribution is -2.55. The van der Waals surface area contributed by atoms with Crippen molar-refractivity contribution in [2.24, 2.45) is 5.10 Å². The van der Waals surface area contributed by atoms with E-state index >= 15 is 0 Å². The van der Waals surface area contributed by atoms with Gasteiger partial charge in [-0.25, -0.2) is 5.10 Å². The maximum absolute atomic E-state index is 10.2. The molecule has 0 aliphatic heterocycles. The maximum Gasteiger partial charge on any atom is 0.158 e. The van der Waals surface area contributed by atoms with Gasteiger partial charge in [0.15, 0.2) is 16.5 Å². The van der Waals surface area contributed by atoms with E-state index in [1.807, 2.05) is 6.21 Å². The van der Waals surface area contributed by atoms with Gasteiger partial charge in [0.25, 0.3) is 0 Å². The third-order valence-corrected chi connectivity index (χ3v) is 9.17. The predicted octanol–water partition coefficient (Wildman–Crippen LogP) is 3.70. The molecule has 0 amide bonds. The van der Waals surface area contributed by atoms with E-state index in [0.29, 0.717) is 6.42 Å². The summed E-state index contributed by atoms with van der Waals surface area (Å²) in [5, 5.41) is 4.71. The lowest BCUT2D eigenvalue weighted by molar-refractivity contribution is -0.107. The number of hydrogen-bond acceptors (Lipinski definition) is 3. The molecule has 0 fully saturated rings. The van der Waals surface area contributed by atoms with E-state index in [2.05, 4.69) is 43.6 Å². The third-order valence-electron chi connectivity index (χ3n) is 2.37. The summed E-state index contributed by atoms with van der Waals surface area (Å²) in [4.78, 5) is 10.2. The molecule has 0 radical (unpaired) electrons. The SMILES string of the molecule is C[Si](C)(C)N(/N=C/CCCCC=O)[Si](C)(C)C. The molecular formula is C12H28N2OSi2. The first-order valence-electron chi connectivity index (χ1n) is 6.46. The van der Waals surface area contributed by atoms with Crippen molar-refractivity contribution >= 4 is 29.0 Å². The molecule has 0 heterocycles. The minimum Gasteiger partial charge on any atom is -0.350 e. The average molecular weight is 273 g/mol. The number of hydrogen-bond donors (Lipinski definition) is 0. The molecule has 0 saturated carbocycles. The summed E-state index contributed by atoms with van der Waals surface area (Å²) in [6.45, 7) is 14.1. The Morgan fingerprint density at radius 3 is 1.82 bits per heavy atom. The van der Waals surface area contributed by atoms with Gasteiger partial charge in [0.1, 0.15) is 6.29 Å². The molecule has 0 bridgehead atoms. The van der Waals surface area contributed by atoms with E-state index < -0.39 is 16.5 Å². The maximum atomic E-state index is 10.2. The second-order valence-corrected chi connectivity index (χ2v) is 16.4. The van der Waals surface area contributed by atoms with Gasteiger partial charge >= 0.3 is 0 Å². The highest BCUT2D eigenvalue weighted by atomic mass is 28.4. The number of nitrogens with zero attached hydrogens (tertiary/aromatic N) is 2. The van der Waals surface area contributed by atoms with Crippen LogP contribution in [0.4, 0.5) is 0 Å². The minimum absolute atomic E-state index is 0.680. The zero-order chi connectivity index (χ0) is 13.5. The first kappa shape index (κ1) is 16.6. The lowest BCUT2D eigenvalue weighted by atomic mass is 10.2. The standard InChI is InChI=1S/C12H28N2OSi2/c1-16(2,3)14(17(4,5)6)13-11-9-7-8-10-12-15/h11-12H,7-10H2,1-6H3/b13-11+. The molecule has 0 saturated heterocycles. The molecule has 0 rings (SSSR count). The first-order chi connectivity index (χ1) is 7.69. The Bertz CT molecular complexity index is 240. The van der Waals surface area contributed by atoms with Gasteiger partial charge in [0, 0.05) is 12.6 Å². The Hall–Kier alpha value is -0.426. The second-order valence-electron chi connectivity index (χ2n) is 6.40. The molecule has 0 spiro atoms. The quantitative estimate of drug-likeness (QED) is 0.222. The Morgan fingerprint density at radius 2 is 1.41 bits per heavy atom. The normalized spacial score (nSPS) is 13.1. The molecular weight excluding hydrogens is 244 g/mol. The van der Waals surface area contributed by atoms with Gasteiger partial charge in [-0.2, -0.15) is 0 Å². The van der Waals surface area contributed by atoms with Gasteiger partial charge in [-0.05, 0) is 19.3 Å². The number of carbonyl (C=O) groups excluding carboxylic acids is 1. The van der Waals surface area contributed by atoms with Gasteiger partial charge in [-0.3, -0.25) is 0 Å². The fourth-order valence-corrected chi connectivity index (χ4v) is 10.9. The van der Waals surface area contributed by atoms with Crippen LogP contribution < -0.4 is 0 Å². The van der Waals surface area contributed by atoms with E-state index in [1.165, 1.54) is 0 Å². The summed E-state index contributed by atoms with van der Waals surface area (Å²) in [5.41, 5.74) is 0. The van der Waals surface area contributed by atoms with Crippen molar-refractivity contribution in [2.45, 2.75) is 65.0 Å². The first-order valence-corrected chi connectivity index (χ1v) is 13.4. The molecule has 0 atom stereocenters. The summed E-state index contributed by atoms with van der Waals surface area (Å²) in [7, 11) is -2.71. The van der Waals surface area contributed by atoms with Crippen molar-refractivity contribution in [1.29, 1.82) is 0 Å². The van der Waals surface area contributed by atoms with Crippen molar-refractivity contribution < 1.29 is 4.79 Å². The van der Waals surface area contributed by atoms with Crippen molar-refractivity contribution in [3.8, 4) is 0 Å². The summed E-state index contributed by atoms with van der Waals surface area (Å²) in [6, 6.07) is 0. The lowest BCUT2D eigenvalue weighted by Gasteiger charge is -2.41. The van der Waals surface area contributed by atoms with Crippen LogP contribution in [0.3, 0.4) is 0 Å². The Labute approximate surface area is 108 Å². The fraction of sp³-hybridized carbons (Fsp3) is 0.833. The highest BCUT2D eigenvalue weighted by molar-refractivity contribution is 6.89. The van der Waals surface area contributed by atoms with Gasteiger partial charge in [0.05, 0.1) is 0 Å². The highest BCUT2D eigenvalue weighted by Gasteiger charge is 2.33. The van der Waals surface area contributed by atoms with Crippen LogP contribution in [0.15, 0.2) is 5.10 Å². The number of unbranched alkanes of at least 4 members (excludes halogenated alkanes) is 3. The summed E-state index contributed by atoms with van der Waals surface area (Å²) >= 11 is 0. The molecule has 0 aromatic rings. The van der Waals surface area contributed by atoms with E-state index in [4.69, 9.17) is 5.10 Å². The van der Waals surface area contributed by atoms with Crippen LogP contribution in [0.1, 0.15) is 25.7 Å². The number of carbonyl (C=O) groups is 1. The van der Waals surface area contributed by atoms with E-state index in [0.717, 1.165) is 25.5 Å². The number of aldehydes is 1. The van der Waals surface area contributed by atoms with Crippen molar-refractivity contribution in [1.82, 2.24) is 4.34 Å². The summed E-state index contributed by atoms with van der Waals surface area (Å²) < 4.78 is 2.42. The molecule has 5 heteroatoms. The topological polar surface area (TPSA) is 32.7 Å². The van der Waals surface area contributed by atoms with Crippen LogP contribution in [0, 0.1) is 0 Å². The number of rotatable bonds is 8. The molecule has 100 valence electrons. The third kappa shape index (κ3) is 7.49. The molecule has 0 unspecified atom stereocenters. The molecule has 3 nitrogen and oxygen atoms in total. The zero-order valence-corrected chi connectivity index (χ0v) is 14.3. The zero-order valence-electron chi connectivity index (χ0n) is 12.3. The molecule has 0 aromatic heterocycles. The van der Waals surface area contributed by atoms with Crippen molar-refractivity contribution in [3.63, 3.8) is 0 Å². The van der Waals surface area contributed by atoms with E-state index in [9.17, 15) is 4.79 Å². The number of hydrazone groups is 1. The van der Waals surface area contributed by atoms with Crippen LogP contribution in [0.5, 0.6) is 0 Å². The largest absolute Gasteiger partial charge is 0.350 e. The van der Waals surface area contributed by atoms with Crippen molar-refractivity contribution in [3.05, 3.63) is 0 Å². The molecule has 0 aromatic carbocycles. The second kappa shape index (κ2) is 7.11. The predicted molar refractivity (Wildman–Crippen MR) is 81.6 cm³/mol. The smallest absolute Gasteiger partial charge is 0.158 e. The van der Waals surface area contributed by atoms with E-state index in [1.54, 1.807) is 0 Å². The molecule has 0 aliphatic rings. The molecule has 0 N–H and O–H groups in total.